The van der Waals surface area contributed by atoms with Crippen LogP contribution in [-0.4, -0.2) is 29.1 Å². The van der Waals surface area contributed by atoms with E-state index in [0.29, 0.717) is 31.5 Å². The van der Waals surface area contributed by atoms with E-state index in [-0.39, 0.29) is 6.04 Å². The second-order valence-electron chi connectivity index (χ2n) is 5.91. The average Bonchev–Trinajstić information content (AvgIpc) is 2.87. The summed E-state index contributed by atoms with van der Waals surface area (Å²) in [7, 11) is 0. The molecule has 0 saturated carbocycles. The van der Waals surface area contributed by atoms with E-state index in [1.807, 2.05) is 18.7 Å². The zero-order chi connectivity index (χ0) is 15.6. The molecule has 0 aromatic heterocycles. The molecule has 2 unspecified atom stereocenters. The minimum absolute atomic E-state index is 0.127. The third-order valence-corrected chi connectivity index (χ3v) is 4.54. The molecular formula is C16H21F2NO2. The summed E-state index contributed by atoms with van der Waals surface area (Å²) in [5.74, 6) is -2.49. The van der Waals surface area contributed by atoms with Crippen LogP contribution in [0, 0.1) is 17.0 Å². The maximum absolute atomic E-state index is 13.3. The second kappa shape index (κ2) is 6.10. The van der Waals surface area contributed by atoms with Crippen molar-refractivity contribution in [1.82, 2.24) is 4.90 Å². The highest BCUT2D eigenvalue weighted by Crippen LogP contribution is 2.39. The summed E-state index contributed by atoms with van der Waals surface area (Å²) >= 11 is 0. The fourth-order valence-corrected chi connectivity index (χ4v) is 3.18. The molecule has 1 aliphatic heterocycles. The largest absolute Gasteiger partial charge is 0.481 e. The van der Waals surface area contributed by atoms with Gasteiger partial charge in [-0.25, -0.2) is 8.78 Å². The van der Waals surface area contributed by atoms with Gasteiger partial charge in [-0.2, -0.15) is 0 Å². The number of rotatable bonds is 5. The number of likely N-dealkylation sites (tertiary alicyclic amines) is 1. The molecule has 1 saturated heterocycles. The van der Waals surface area contributed by atoms with Crippen LogP contribution >= 0.6 is 0 Å². The van der Waals surface area contributed by atoms with Crippen LogP contribution in [0.1, 0.15) is 44.7 Å². The molecule has 0 radical (unpaired) electrons. The summed E-state index contributed by atoms with van der Waals surface area (Å²) < 4.78 is 26.3. The van der Waals surface area contributed by atoms with Crippen LogP contribution in [0.15, 0.2) is 18.2 Å². The van der Waals surface area contributed by atoms with Crippen LogP contribution in [0.3, 0.4) is 0 Å². The highest BCUT2D eigenvalue weighted by Gasteiger charge is 2.45. The van der Waals surface area contributed by atoms with Crippen molar-refractivity contribution >= 4 is 5.97 Å². The van der Waals surface area contributed by atoms with Crippen molar-refractivity contribution in [1.29, 1.82) is 0 Å². The normalized spacial score (nSPS) is 24.2. The molecular weight excluding hydrogens is 276 g/mol. The predicted molar refractivity (Wildman–Crippen MR) is 75.9 cm³/mol. The zero-order valence-electron chi connectivity index (χ0n) is 12.4. The molecule has 2 rings (SSSR count). The first kappa shape index (κ1) is 15.9. The summed E-state index contributed by atoms with van der Waals surface area (Å²) in [6, 6.07) is 3.75. The Bertz CT molecular complexity index is 535. The Labute approximate surface area is 123 Å². The van der Waals surface area contributed by atoms with Crippen LogP contribution in [0.5, 0.6) is 0 Å². The van der Waals surface area contributed by atoms with Gasteiger partial charge >= 0.3 is 5.97 Å². The summed E-state index contributed by atoms with van der Waals surface area (Å²) in [5.41, 5.74) is -0.0340. The number of nitrogens with zero attached hydrogens (tertiary/aromatic N) is 1. The predicted octanol–water partition coefficient (Wildman–Crippen LogP) is 3.60. The summed E-state index contributed by atoms with van der Waals surface area (Å²) in [6.07, 6.45) is 2.06. The minimum atomic E-state index is -0.864. The Morgan fingerprint density at radius 1 is 1.43 bits per heavy atom. The standard InChI is InChI=1S/C16H21F2NO2/c1-3-6-16(15(20)21)7-8-19(10-16)11(2)12-4-5-13(17)14(18)9-12/h4-5,9,11H,3,6-8,10H2,1-2H3,(H,20,21). The molecule has 0 bridgehead atoms. The van der Waals surface area contributed by atoms with Crippen LogP contribution < -0.4 is 0 Å². The van der Waals surface area contributed by atoms with Gasteiger partial charge in [0.15, 0.2) is 11.6 Å². The van der Waals surface area contributed by atoms with E-state index in [9.17, 15) is 18.7 Å². The van der Waals surface area contributed by atoms with Crippen molar-refractivity contribution in [2.24, 2.45) is 5.41 Å². The molecule has 1 aromatic carbocycles. The number of hydrogen-bond acceptors (Lipinski definition) is 2. The smallest absolute Gasteiger partial charge is 0.310 e. The molecule has 0 amide bonds. The fraction of sp³-hybridized carbons (Fsp3) is 0.562. The monoisotopic (exact) mass is 297 g/mol. The fourth-order valence-electron chi connectivity index (χ4n) is 3.18. The van der Waals surface area contributed by atoms with Gasteiger partial charge in [0.2, 0.25) is 0 Å². The summed E-state index contributed by atoms with van der Waals surface area (Å²) in [5, 5.41) is 9.51. The van der Waals surface area contributed by atoms with E-state index in [2.05, 4.69) is 0 Å². The van der Waals surface area contributed by atoms with E-state index in [1.165, 1.54) is 6.07 Å². The number of carboxylic acids is 1. The molecule has 1 heterocycles. The van der Waals surface area contributed by atoms with Crippen LogP contribution in [0.25, 0.3) is 0 Å². The maximum atomic E-state index is 13.3. The first-order valence-electron chi connectivity index (χ1n) is 7.32. The van der Waals surface area contributed by atoms with E-state index in [0.717, 1.165) is 12.5 Å². The lowest BCUT2D eigenvalue weighted by molar-refractivity contribution is -0.148. The minimum Gasteiger partial charge on any atom is -0.481 e. The van der Waals surface area contributed by atoms with Gasteiger partial charge in [-0.15, -0.1) is 0 Å². The molecule has 0 aliphatic carbocycles. The topological polar surface area (TPSA) is 40.5 Å². The Morgan fingerprint density at radius 3 is 2.71 bits per heavy atom. The third-order valence-electron chi connectivity index (χ3n) is 4.54. The highest BCUT2D eigenvalue weighted by atomic mass is 19.2. The van der Waals surface area contributed by atoms with Gasteiger partial charge in [0.05, 0.1) is 5.41 Å². The Morgan fingerprint density at radius 2 is 2.14 bits per heavy atom. The number of halogens is 2. The Hall–Kier alpha value is -1.49. The van der Waals surface area contributed by atoms with Crippen molar-refractivity contribution in [3.05, 3.63) is 35.4 Å². The second-order valence-corrected chi connectivity index (χ2v) is 5.91. The molecule has 1 fully saturated rings. The molecule has 5 heteroatoms. The lowest BCUT2D eigenvalue weighted by atomic mass is 9.82. The maximum Gasteiger partial charge on any atom is 0.310 e. The number of carboxylic acid groups (broad SMARTS) is 1. The first-order chi connectivity index (χ1) is 9.89. The molecule has 1 aliphatic rings. The van der Waals surface area contributed by atoms with E-state index < -0.39 is 23.0 Å². The van der Waals surface area contributed by atoms with Gasteiger partial charge < -0.3 is 5.11 Å². The summed E-state index contributed by atoms with van der Waals surface area (Å²) in [6.45, 7) is 4.99. The molecule has 1 N–H and O–H groups in total. The lowest BCUT2D eigenvalue weighted by Crippen LogP contribution is -2.35. The van der Waals surface area contributed by atoms with E-state index >= 15 is 0 Å². The van der Waals surface area contributed by atoms with Crippen molar-refractivity contribution in [3.63, 3.8) is 0 Å². The Balaban J connectivity index is 2.16. The molecule has 0 spiro atoms. The number of carbonyl (C=O) groups is 1. The van der Waals surface area contributed by atoms with E-state index in [4.69, 9.17) is 0 Å². The molecule has 2 atom stereocenters. The van der Waals surface area contributed by atoms with Gasteiger partial charge in [0.25, 0.3) is 0 Å². The molecule has 21 heavy (non-hydrogen) atoms. The van der Waals surface area contributed by atoms with Crippen molar-refractivity contribution in [2.45, 2.75) is 39.2 Å². The number of aliphatic carboxylic acids is 1. The van der Waals surface area contributed by atoms with Crippen LogP contribution in [0.2, 0.25) is 0 Å². The van der Waals surface area contributed by atoms with Crippen LogP contribution in [0.4, 0.5) is 8.78 Å². The van der Waals surface area contributed by atoms with Gasteiger partial charge in [-0.1, -0.05) is 19.4 Å². The van der Waals surface area contributed by atoms with Gasteiger partial charge in [-0.3, -0.25) is 9.69 Å². The zero-order valence-corrected chi connectivity index (χ0v) is 12.4. The summed E-state index contributed by atoms with van der Waals surface area (Å²) in [4.78, 5) is 13.6. The lowest BCUT2D eigenvalue weighted by Gasteiger charge is -2.28. The van der Waals surface area contributed by atoms with Gasteiger partial charge in [0.1, 0.15) is 0 Å². The average molecular weight is 297 g/mol. The van der Waals surface area contributed by atoms with Crippen molar-refractivity contribution < 1.29 is 18.7 Å². The highest BCUT2D eigenvalue weighted by molar-refractivity contribution is 5.75. The Kier molecular flexibility index (Phi) is 4.61. The third kappa shape index (κ3) is 3.07. The van der Waals surface area contributed by atoms with Gasteiger partial charge in [-0.05, 0) is 44.0 Å². The molecule has 3 nitrogen and oxygen atoms in total. The van der Waals surface area contributed by atoms with E-state index in [1.54, 1.807) is 6.07 Å². The van der Waals surface area contributed by atoms with Crippen molar-refractivity contribution in [3.8, 4) is 0 Å². The molecule has 1 aromatic rings. The number of hydrogen-bond donors (Lipinski definition) is 1. The SMILES string of the molecule is CCCC1(C(=O)O)CCN(C(C)c2ccc(F)c(F)c2)C1. The first-order valence-corrected chi connectivity index (χ1v) is 7.32. The quantitative estimate of drug-likeness (QED) is 0.902. The molecule has 116 valence electrons. The van der Waals surface area contributed by atoms with Crippen LogP contribution in [-0.2, 0) is 4.79 Å². The number of benzene rings is 1. The van der Waals surface area contributed by atoms with Crippen molar-refractivity contribution in [2.75, 3.05) is 13.1 Å². The van der Waals surface area contributed by atoms with Gasteiger partial charge in [0, 0.05) is 12.6 Å².